The Morgan fingerprint density at radius 2 is 2.50 bits per heavy atom. The summed E-state index contributed by atoms with van der Waals surface area (Å²) in [5.41, 5.74) is 1.68. The highest BCUT2D eigenvalue weighted by Gasteiger charge is 2.20. The molecule has 4 heteroatoms. The van der Waals surface area contributed by atoms with Crippen LogP contribution in [0.5, 0.6) is 0 Å². The van der Waals surface area contributed by atoms with E-state index in [4.69, 9.17) is 0 Å². The molecule has 1 aliphatic rings. The zero-order valence-corrected chi connectivity index (χ0v) is 8.58. The second-order valence-electron chi connectivity index (χ2n) is 3.78. The van der Waals surface area contributed by atoms with Crippen LogP contribution in [-0.4, -0.2) is 22.1 Å². The van der Waals surface area contributed by atoms with Crippen molar-refractivity contribution in [2.75, 3.05) is 6.54 Å². The number of nitrogens with zero attached hydrogens (tertiary/aromatic N) is 2. The Labute approximate surface area is 83.3 Å². The van der Waals surface area contributed by atoms with Gasteiger partial charge in [-0.3, -0.25) is 9.48 Å². The minimum absolute atomic E-state index is 0.0734. The van der Waals surface area contributed by atoms with E-state index in [0.717, 1.165) is 18.7 Å². The van der Waals surface area contributed by atoms with Crippen LogP contribution < -0.4 is 5.32 Å². The number of carbonyl (C=O) groups is 1. The molecule has 2 heterocycles. The highest BCUT2D eigenvalue weighted by Crippen LogP contribution is 2.22. The number of carbonyl (C=O) groups excluding carboxylic acids is 1. The summed E-state index contributed by atoms with van der Waals surface area (Å²) >= 11 is 0. The van der Waals surface area contributed by atoms with Gasteiger partial charge in [-0.15, -0.1) is 0 Å². The average molecular weight is 193 g/mol. The van der Waals surface area contributed by atoms with E-state index >= 15 is 0 Å². The lowest BCUT2D eigenvalue weighted by Crippen LogP contribution is -2.13. The fourth-order valence-electron chi connectivity index (χ4n) is 1.93. The molecule has 1 atom stereocenters. The minimum Gasteiger partial charge on any atom is -0.309 e. The molecule has 1 fully saturated rings. The molecule has 4 nitrogen and oxygen atoms in total. The van der Waals surface area contributed by atoms with Gasteiger partial charge in [0.05, 0.1) is 11.7 Å². The predicted octanol–water partition coefficient (Wildman–Crippen LogP) is 1.05. The molecule has 14 heavy (non-hydrogen) atoms. The zero-order chi connectivity index (χ0) is 10.1. The first-order valence-electron chi connectivity index (χ1n) is 4.97. The van der Waals surface area contributed by atoms with Crippen LogP contribution in [0.2, 0.25) is 0 Å². The third-order valence-electron chi connectivity index (χ3n) is 2.68. The Morgan fingerprint density at radius 1 is 1.71 bits per heavy atom. The van der Waals surface area contributed by atoms with Crippen LogP contribution in [0.1, 0.15) is 42.0 Å². The van der Waals surface area contributed by atoms with Gasteiger partial charge in [0.1, 0.15) is 5.69 Å². The lowest BCUT2D eigenvalue weighted by Gasteiger charge is -2.04. The normalized spacial score (nSPS) is 21.4. The molecule has 1 aromatic heterocycles. The number of aromatic nitrogens is 2. The highest BCUT2D eigenvalue weighted by atomic mass is 16.1. The molecule has 1 unspecified atom stereocenters. The van der Waals surface area contributed by atoms with E-state index in [2.05, 4.69) is 10.4 Å². The van der Waals surface area contributed by atoms with E-state index in [1.807, 2.05) is 13.1 Å². The number of ketones is 1. The van der Waals surface area contributed by atoms with Crippen LogP contribution >= 0.6 is 0 Å². The molecule has 1 aromatic rings. The van der Waals surface area contributed by atoms with Gasteiger partial charge in [-0.25, -0.2) is 0 Å². The molecule has 0 bridgehead atoms. The van der Waals surface area contributed by atoms with Crippen LogP contribution in [0.25, 0.3) is 0 Å². The molecule has 0 amide bonds. The summed E-state index contributed by atoms with van der Waals surface area (Å²) in [6.45, 7) is 2.62. The fourth-order valence-corrected chi connectivity index (χ4v) is 1.93. The molecular weight excluding hydrogens is 178 g/mol. The smallest absolute Gasteiger partial charge is 0.177 e. The summed E-state index contributed by atoms with van der Waals surface area (Å²) in [6, 6.07) is 2.24. The Bertz CT molecular complexity index is 350. The molecule has 0 aromatic carbocycles. The van der Waals surface area contributed by atoms with E-state index in [-0.39, 0.29) is 5.78 Å². The van der Waals surface area contributed by atoms with E-state index in [1.165, 1.54) is 6.42 Å². The van der Waals surface area contributed by atoms with E-state index in [0.29, 0.717) is 11.7 Å². The van der Waals surface area contributed by atoms with E-state index < -0.39 is 0 Å². The lowest BCUT2D eigenvalue weighted by molar-refractivity contribution is 0.100. The number of hydrogen-bond donors (Lipinski definition) is 1. The third-order valence-corrected chi connectivity index (χ3v) is 2.68. The third kappa shape index (κ3) is 1.57. The Hall–Kier alpha value is -1.16. The van der Waals surface area contributed by atoms with Crippen molar-refractivity contribution in [1.82, 2.24) is 15.1 Å². The van der Waals surface area contributed by atoms with Crippen molar-refractivity contribution in [3.05, 3.63) is 17.5 Å². The number of nitrogens with one attached hydrogen (secondary N) is 1. The summed E-state index contributed by atoms with van der Waals surface area (Å²) in [7, 11) is 1.81. The van der Waals surface area contributed by atoms with Crippen LogP contribution in [0, 0.1) is 0 Å². The second kappa shape index (κ2) is 3.53. The van der Waals surface area contributed by atoms with Crippen molar-refractivity contribution in [2.24, 2.45) is 7.05 Å². The van der Waals surface area contributed by atoms with Gasteiger partial charge in [0, 0.05) is 14.0 Å². The van der Waals surface area contributed by atoms with Gasteiger partial charge in [0.15, 0.2) is 5.78 Å². The Kier molecular flexibility index (Phi) is 2.37. The van der Waals surface area contributed by atoms with Gasteiger partial charge in [0.25, 0.3) is 0 Å². The summed E-state index contributed by atoms with van der Waals surface area (Å²) in [5, 5.41) is 7.71. The monoisotopic (exact) mass is 193 g/mol. The van der Waals surface area contributed by atoms with E-state index in [1.54, 1.807) is 11.6 Å². The topological polar surface area (TPSA) is 46.9 Å². The highest BCUT2D eigenvalue weighted by molar-refractivity contribution is 5.92. The Morgan fingerprint density at radius 3 is 3.00 bits per heavy atom. The van der Waals surface area contributed by atoms with Crippen molar-refractivity contribution < 1.29 is 4.79 Å². The average Bonchev–Trinajstić information content (AvgIpc) is 2.70. The van der Waals surface area contributed by atoms with Gasteiger partial charge in [-0.1, -0.05) is 0 Å². The van der Waals surface area contributed by atoms with Crippen LogP contribution in [-0.2, 0) is 7.05 Å². The predicted molar refractivity (Wildman–Crippen MR) is 53.2 cm³/mol. The van der Waals surface area contributed by atoms with Crippen molar-refractivity contribution in [3.8, 4) is 0 Å². The van der Waals surface area contributed by atoms with Gasteiger partial charge in [-0.2, -0.15) is 5.10 Å². The molecule has 2 rings (SSSR count). The fraction of sp³-hybridized carbons (Fsp3) is 0.600. The van der Waals surface area contributed by atoms with Gasteiger partial charge in [-0.05, 0) is 25.5 Å². The Balaban J connectivity index is 2.27. The van der Waals surface area contributed by atoms with Crippen molar-refractivity contribution in [3.63, 3.8) is 0 Å². The molecule has 1 N–H and O–H groups in total. The molecule has 1 saturated heterocycles. The summed E-state index contributed by atoms with van der Waals surface area (Å²) < 4.78 is 1.66. The maximum atomic E-state index is 11.2. The first-order valence-corrected chi connectivity index (χ1v) is 4.97. The largest absolute Gasteiger partial charge is 0.309 e. The number of hydrogen-bond acceptors (Lipinski definition) is 3. The molecular formula is C10H15N3O. The lowest BCUT2D eigenvalue weighted by atomic mass is 10.1. The minimum atomic E-state index is 0.0734. The zero-order valence-electron chi connectivity index (χ0n) is 8.58. The van der Waals surface area contributed by atoms with Gasteiger partial charge in [0.2, 0.25) is 0 Å². The second-order valence-corrected chi connectivity index (χ2v) is 3.78. The summed E-state index contributed by atoms with van der Waals surface area (Å²) in [6.07, 6.45) is 2.31. The summed E-state index contributed by atoms with van der Waals surface area (Å²) in [5.74, 6) is 0.0734. The quantitative estimate of drug-likeness (QED) is 0.714. The van der Waals surface area contributed by atoms with Crippen molar-refractivity contribution >= 4 is 5.78 Å². The van der Waals surface area contributed by atoms with E-state index in [9.17, 15) is 4.79 Å². The SMILES string of the molecule is CC(=O)c1cc(C2CCCN2)nn1C. The number of aryl methyl sites for hydroxylation is 1. The number of Topliss-reactive ketones (excluding diaryl/α,β-unsaturated/α-hetero) is 1. The van der Waals surface area contributed by atoms with Gasteiger partial charge >= 0.3 is 0 Å². The molecule has 0 radical (unpaired) electrons. The first-order chi connectivity index (χ1) is 6.68. The van der Waals surface area contributed by atoms with Crippen molar-refractivity contribution in [1.29, 1.82) is 0 Å². The van der Waals surface area contributed by atoms with Crippen molar-refractivity contribution in [2.45, 2.75) is 25.8 Å². The molecule has 0 spiro atoms. The van der Waals surface area contributed by atoms with Crippen LogP contribution in [0.15, 0.2) is 6.07 Å². The van der Waals surface area contributed by atoms with Crippen LogP contribution in [0.4, 0.5) is 0 Å². The molecule has 0 aliphatic carbocycles. The first kappa shape index (κ1) is 9.40. The van der Waals surface area contributed by atoms with Gasteiger partial charge < -0.3 is 5.32 Å². The molecule has 0 saturated carbocycles. The number of rotatable bonds is 2. The molecule has 1 aliphatic heterocycles. The molecule has 76 valence electrons. The summed E-state index contributed by atoms with van der Waals surface area (Å²) in [4.78, 5) is 11.2. The maximum Gasteiger partial charge on any atom is 0.177 e. The standard InChI is InChI=1S/C10H15N3O/c1-7(14)10-6-9(12-13(10)2)8-4-3-5-11-8/h6,8,11H,3-5H2,1-2H3. The van der Waals surface area contributed by atoms with Crippen LogP contribution in [0.3, 0.4) is 0 Å². The maximum absolute atomic E-state index is 11.2.